The number of hydrogen-bond donors (Lipinski definition) is 2. The number of aliphatic hydroxyl groups is 1. The lowest BCUT2D eigenvalue weighted by atomic mass is 9.86. The molecular formula is C16H25NO. The van der Waals surface area contributed by atoms with Crippen molar-refractivity contribution in [3.63, 3.8) is 0 Å². The zero-order chi connectivity index (χ0) is 12.8. The van der Waals surface area contributed by atoms with Crippen LogP contribution in [0.3, 0.4) is 0 Å². The number of aliphatic hydroxyl groups excluding tert-OH is 1. The summed E-state index contributed by atoms with van der Waals surface area (Å²) in [6.45, 7) is 4.07. The summed E-state index contributed by atoms with van der Waals surface area (Å²) in [6.07, 6.45) is 5.61. The fourth-order valence-electron chi connectivity index (χ4n) is 2.89. The highest BCUT2D eigenvalue weighted by molar-refractivity contribution is 5.26. The lowest BCUT2D eigenvalue weighted by Crippen LogP contribution is -2.33. The Bertz CT molecular complexity index is 364. The van der Waals surface area contributed by atoms with Gasteiger partial charge >= 0.3 is 0 Å². The van der Waals surface area contributed by atoms with Crippen molar-refractivity contribution in [1.82, 2.24) is 5.32 Å². The average Bonchev–Trinajstić information content (AvgIpc) is 2.41. The summed E-state index contributed by atoms with van der Waals surface area (Å²) in [5.41, 5.74) is 2.82. The second-order valence-electron chi connectivity index (χ2n) is 5.37. The largest absolute Gasteiger partial charge is 0.393 e. The van der Waals surface area contributed by atoms with Crippen molar-refractivity contribution in [2.75, 3.05) is 6.54 Å². The van der Waals surface area contributed by atoms with Gasteiger partial charge in [-0.25, -0.2) is 0 Å². The van der Waals surface area contributed by atoms with Gasteiger partial charge in [0.05, 0.1) is 6.10 Å². The molecule has 1 fully saturated rings. The predicted molar refractivity (Wildman–Crippen MR) is 75.5 cm³/mol. The Morgan fingerprint density at radius 1 is 1.17 bits per heavy atom. The molecule has 1 aliphatic rings. The first kappa shape index (κ1) is 13.6. The van der Waals surface area contributed by atoms with Crippen LogP contribution in [0.1, 0.15) is 43.7 Å². The molecule has 1 aliphatic carbocycles. The lowest BCUT2D eigenvalue weighted by molar-refractivity contribution is 0.0695. The van der Waals surface area contributed by atoms with Crippen LogP contribution in [-0.4, -0.2) is 17.8 Å². The van der Waals surface area contributed by atoms with E-state index in [0.29, 0.717) is 5.92 Å². The van der Waals surface area contributed by atoms with E-state index in [-0.39, 0.29) is 6.10 Å². The van der Waals surface area contributed by atoms with E-state index in [1.165, 1.54) is 30.4 Å². The molecule has 2 rings (SSSR count). The lowest BCUT2D eigenvalue weighted by Gasteiger charge is -2.27. The standard InChI is InChI=1S/C16H25NO/c1-2-13-7-3-4-8-14(13)11-17-12-15-9-5-6-10-16(15)18/h3-4,7-8,15-18H,2,5-6,9-12H2,1H3. The molecule has 0 aromatic heterocycles. The van der Waals surface area contributed by atoms with Gasteiger partial charge in [0, 0.05) is 13.1 Å². The van der Waals surface area contributed by atoms with E-state index in [4.69, 9.17) is 0 Å². The molecule has 0 radical (unpaired) electrons. The maximum Gasteiger partial charge on any atom is 0.0580 e. The summed E-state index contributed by atoms with van der Waals surface area (Å²) >= 11 is 0. The molecule has 18 heavy (non-hydrogen) atoms. The molecule has 0 bridgehead atoms. The van der Waals surface area contributed by atoms with Gasteiger partial charge < -0.3 is 10.4 Å². The molecule has 2 heteroatoms. The van der Waals surface area contributed by atoms with Crippen molar-refractivity contribution in [1.29, 1.82) is 0 Å². The van der Waals surface area contributed by atoms with E-state index < -0.39 is 0 Å². The Kier molecular flexibility index (Phi) is 5.21. The van der Waals surface area contributed by atoms with Crippen molar-refractivity contribution in [2.24, 2.45) is 5.92 Å². The highest BCUT2D eigenvalue weighted by atomic mass is 16.3. The highest BCUT2D eigenvalue weighted by Gasteiger charge is 2.22. The van der Waals surface area contributed by atoms with Crippen LogP contribution in [0.4, 0.5) is 0 Å². The number of benzene rings is 1. The molecule has 100 valence electrons. The van der Waals surface area contributed by atoms with Gasteiger partial charge in [-0.1, -0.05) is 44.0 Å². The molecule has 0 saturated heterocycles. The van der Waals surface area contributed by atoms with Crippen LogP contribution >= 0.6 is 0 Å². The Balaban J connectivity index is 1.80. The van der Waals surface area contributed by atoms with Gasteiger partial charge in [-0.3, -0.25) is 0 Å². The van der Waals surface area contributed by atoms with Gasteiger partial charge in [0.15, 0.2) is 0 Å². The molecule has 1 saturated carbocycles. The second kappa shape index (κ2) is 6.91. The Hall–Kier alpha value is -0.860. The van der Waals surface area contributed by atoms with E-state index in [0.717, 1.165) is 25.9 Å². The minimum Gasteiger partial charge on any atom is -0.393 e. The zero-order valence-corrected chi connectivity index (χ0v) is 11.4. The minimum absolute atomic E-state index is 0.0901. The predicted octanol–water partition coefficient (Wildman–Crippen LogP) is 2.89. The van der Waals surface area contributed by atoms with Gasteiger partial charge in [0.2, 0.25) is 0 Å². The average molecular weight is 247 g/mol. The molecule has 0 amide bonds. The number of rotatable bonds is 5. The summed E-state index contributed by atoms with van der Waals surface area (Å²) in [4.78, 5) is 0. The molecule has 0 aliphatic heterocycles. The second-order valence-corrected chi connectivity index (χ2v) is 5.37. The highest BCUT2D eigenvalue weighted by Crippen LogP contribution is 2.23. The van der Waals surface area contributed by atoms with Gasteiger partial charge in [-0.2, -0.15) is 0 Å². The van der Waals surface area contributed by atoms with Crippen LogP contribution < -0.4 is 5.32 Å². The van der Waals surface area contributed by atoms with Crippen molar-refractivity contribution in [3.05, 3.63) is 35.4 Å². The SMILES string of the molecule is CCc1ccccc1CNCC1CCCCC1O. The van der Waals surface area contributed by atoms with Crippen molar-refractivity contribution < 1.29 is 5.11 Å². The number of aryl methyl sites for hydroxylation is 1. The van der Waals surface area contributed by atoms with Gasteiger partial charge in [0.1, 0.15) is 0 Å². The van der Waals surface area contributed by atoms with E-state index >= 15 is 0 Å². The third-order valence-corrected chi connectivity index (χ3v) is 4.09. The molecule has 2 N–H and O–H groups in total. The molecule has 1 aromatic carbocycles. The Morgan fingerprint density at radius 3 is 2.61 bits per heavy atom. The Labute approximate surface area is 110 Å². The quantitative estimate of drug-likeness (QED) is 0.838. The van der Waals surface area contributed by atoms with Crippen LogP contribution in [0.15, 0.2) is 24.3 Å². The summed E-state index contributed by atoms with van der Waals surface area (Å²) < 4.78 is 0. The third kappa shape index (κ3) is 3.56. The first-order valence-electron chi connectivity index (χ1n) is 7.26. The number of nitrogens with one attached hydrogen (secondary N) is 1. The van der Waals surface area contributed by atoms with Crippen molar-refractivity contribution in [2.45, 2.75) is 51.7 Å². The van der Waals surface area contributed by atoms with Gasteiger partial charge in [-0.05, 0) is 36.3 Å². The maximum atomic E-state index is 9.93. The van der Waals surface area contributed by atoms with E-state index in [1.54, 1.807) is 0 Å². The van der Waals surface area contributed by atoms with E-state index in [2.05, 4.69) is 36.5 Å². The molecule has 0 spiro atoms. The van der Waals surface area contributed by atoms with Gasteiger partial charge in [-0.15, -0.1) is 0 Å². The maximum absolute atomic E-state index is 9.93. The van der Waals surface area contributed by atoms with Crippen LogP contribution in [0.25, 0.3) is 0 Å². The van der Waals surface area contributed by atoms with Crippen LogP contribution in [0.5, 0.6) is 0 Å². The van der Waals surface area contributed by atoms with Gasteiger partial charge in [0.25, 0.3) is 0 Å². The molecule has 2 atom stereocenters. The van der Waals surface area contributed by atoms with Crippen LogP contribution in [0.2, 0.25) is 0 Å². The smallest absolute Gasteiger partial charge is 0.0580 e. The van der Waals surface area contributed by atoms with Crippen LogP contribution in [-0.2, 0) is 13.0 Å². The fraction of sp³-hybridized carbons (Fsp3) is 0.625. The third-order valence-electron chi connectivity index (χ3n) is 4.09. The van der Waals surface area contributed by atoms with E-state index in [9.17, 15) is 5.11 Å². The molecule has 0 heterocycles. The minimum atomic E-state index is -0.0901. The molecular weight excluding hydrogens is 222 g/mol. The fourth-order valence-corrected chi connectivity index (χ4v) is 2.89. The topological polar surface area (TPSA) is 32.3 Å². The normalized spacial score (nSPS) is 24.1. The summed E-state index contributed by atoms with van der Waals surface area (Å²) in [6, 6.07) is 8.61. The Morgan fingerprint density at radius 2 is 1.89 bits per heavy atom. The molecule has 1 aromatic rings. The number of hydrogen-bond acceptors (Lipinski definition) is 2. The summed E-state index contributed by atoms with van der Waals surface area (Å²) in [5, 5.41) is 13.4. The molecule has 2 unspecified atom stereocenters. The molecule has 2 nitrogen and oxygen atoms in total. The summed E-state index contributed by atoms with van der Waals surface area (Å²) in [5.74, 6) is 0.451. The first-order valence-corrected chi connectivity index (χ1v) is 7.26. The monoisotopic (exact) mass is 247 g/mol. The van der Waals surface area contributed by atoms with Crippen LogP contribution in [0, 0.1) is 5.92 Å². The zero-order valence-electron chi connectivity index (χ0n) is 11.4. The van der Waals surface area contributed by atoms with Crippen molar-refractivity contribution >= 4 is 0 Å². The van der Waals surface area contributed by atoms with Crippen molar-refractivity contribution in [3.8, 4) is 0 Å². The summed E-state index contributed by atoms with van der Waals surface area (Å²) in [7, 11) is 0. The first-order chi connectivity index (χ1) is 8.81. The van der Waals surface area contributed by atoms with E-state index in [1.807, 2.05) is 0 Å².